The van der Waals surface area contributed by atoms with Crippen LogP contribution in [-0.4, -0.2) is 55.5 Å². The van der Waals surface area contributed by atoms with Gasteiger partial charge in [0.25, 0.3) is 0 Å². The normalized spacial score (nSPS) is 11.4. The van der Waals surface area contributed by atoms with Gasteiger partial charge in [0.15, 0.2) is 5.96 Å². The highest BCUT2D eigenvalue weighted by Crippen LogP contribution is 1.88. The van der Waals surface area contributed by atoms with Gasteiger partial charge in [0.2, 0.25) is 0 Å². The third kappa shape index (κ3) is 7.84. The maximum absolute atomic E-state index is 5.82. The summed E-state index contributed by atoms with van der Waals surface area (Å²) in [6.45, 7) is 11.0. The Hall–Kier alpha value is -0.0400. The average Bonchev–Trinajstić information content (AvgIpc) is 2.19. The SMILES string of the molecule is CCN(C)CCN=C(N)N(CC)CC.I. The summed E-state index contributed by atoms with van der Waals surface area (Å²) < 4.78 is 0. The van der Waals surface area contributed by atoms with Crippen LogP contribution < -0.4 is 5.73 Å². The molecule has 0 radical (unpaired) electrons. The molecule has 0 amide bonds. The highest BCUT2D eigenvalue weighted by Gasteiger charge is 2.01. The Bertz CT molecular complexity index is 169. The lowest BCUT2D eigenvalue weighted by Crippen LogP contribution is -2.37. The standard InChI is InChI=1S/C10H24N4.HI/c1-5-13(4)9-8-12-10(11)14(6-2)7-3;/h5-9H2,1-4H3,(H2,11,12);1H. The van der Waals surface area contributed by atoms with Crippen LogP contribution in [0.15, 0.2) is 4.99 Å². The fraction of sp³-hybridized carbons (Fsp3) is 0.900. The van der Waals surface area contributed by atoms with Crippen LogP contribution in [0.5, 0.6) is 0 Å². The van der Waals surface area contributed by atoms with E-state index in [1.807, 2.05) is 0 Å². The minimum atomic E-state index is 0. The fourth-order valence-corrected chi connectivity index (χ4v) is 1.14. The Balaban J connectivity index is 0. The number of hydrogen-bond acceptors (Lipinski definition) is 2. The van der Waals surface area contributed by atoms with Crippen molar-refractivity contribution in [3.05, 3.63) is 0 Å². The van der Waals surface area contributed by atoms with Gasteiger partial charge in [0, 0.05) is 19.6 Å². The van der Waals surface area contributed by atoms with Crippen molar-refractivity contribution >= 4 is 29.9 Å². The number of rotatable bonds is 6. The number of nitrogens with zero attached hydrogens (tertiary/aromatic N) is 3. The predicted molar refractivity (Wildman–Crippen MR) is 78.0 cm³/mol. The molecule has 2 N–H and O–H groups in total. The lowest BCUT2D eigenvalue weighted by molar-refractivity contribution is 0.361. The summed E-state index contributed by atoms with van der Waals surface area (Å²) in [5.41, 5.74) is 5.82. The second-order valence-electron chi connectivity index (χ2n) is 3.31. The van der Waals surface area contributed by atoms with Crippen LogP contribution in [0.25, 0.3) is 0 Å². The minimum absolute atomic E-state index is 0. The van der Waals surface area contributed by atoms with Crippen LogP contribution in [0.2, 0.25) is 0 Å². The molecule has 0 aliphatic rings. The molecule has 0 aliphatic heterocycles. The Morgan fingerprint density at radius 3 is 2.07 bits per heavy atom. The van der Waals surface area contributed by atoms with E-state index in [0.29, 0.717) is 5.96 Å². The van der Waals surface area contributed by atoms with E-state index in [1.54, 1.807) is 0 Å². The largest absolute Gasteiger partial charge is 0.370 e. The first kappa shape index (κ1) is 17.4. The van der Waals surface area contributed by atoms with E-state index in [4.69, 9.17) is 5.73 Å². The molecule has 0 heterocycles. The van der Waals surface area contributed by atoms with E-state index in [2.05, 4.69) is 42.6 Å². The maximum Gasteiger partial charge on any atom is 0.191 e. The van der Waals surface area contributed by atoms with Gasteiger partial charge in [-0.05, 0) is 27.4 Å². The zero-order valence-electron chi connectivity index (χ0n) is 10.4. The van der Waals surface area contributed by atoms with Crippen molar-refractivity contribution in [3.8, 4) is 0 Å². The third-order valence-electron chi connectivity index (χ3n) is 2.38. The molecule has 0 bridgehead atoms. The van der Waals surface area contributed by atoms with Crippen molar-refractivity contribution in [1.29, 1.82) is 0 Å². The molecule has 0 spiro atoms. The third-order valence-corrected chi connectivity index (χ3v) is 2.38. The van der Waals surface area contributed by atoms with E-state index >= 15 is 0 Å². The predicted octanol–water partition coefficient (Wildman–Crippen LogP) is 1.21. The lowest BCUT2D eigenvalue weighted by Gasteiger charge is -2.19. The van der Waals surface area contributed by atoms with E-state index in [-0.39, 0.29) is 24.0 Å². The van der Waals surface area contributed by atoms with Crippen molar-refractivity contribution in [1.82, 2.24) is 9.80 Å². The van der Waals surface area contributed by atoms with Crippen molar-refractivity contribution in [2.75, 3.05) is 39.8 Å². The number of hydrogen-bond donors (Lipinski definition) is 1. The lowest BCUT2D eigenvalue weighted by atomic mass is 10.5. The quantitative estimate of drug-likeness (QED) is 0.453. The van der Waals surface area contributed by atoms with Gasteiger partial charge in [-0.15, -0.1) is 24.0 Å². The smallest absolute Gasteiger partial charge is 0.191 e. The number of guanidine groups is 1. The fourth-order valence-electron chi connectivity index (χ4n) is 1.14. The summed E-state index contributed by atoms with van der Waals surface area (Å²) in [5, 5.41) is 0. The van der Waals surface area contributed by atoms with Crippen LogP contribution in [0.4, 0.5) is 0 Å². The first-order chi connectivity index (χ1) is 6.65. The summed E-state index contributed by atoms with van der Waals surface area (Å²) in [5.74, 6) is 0.666. The van der Waals surface area contributed by atoms with E-state index < -0.39 is 0 Å². The zero-order chi connectivity index (χ0) is 11.0. The summed E-state index contributed by atoms with van der Waals surface area (Å²) in [6.07, 6.45) is 0. The van der Waals surface area contributed by atoms with Gasteiger partial charge >= 0.3 is 0 Å². The van der Waals surface area contributed by atoms with Crippen molar-refractivity contribution in [3.63, 3.8) is 0 Å². The highest BCUT2D eigenvalue weighted by molar-refractivity contribution is 14.0. The molecule has 0 aromatic heterocycles. The van der Waals surface area contributed by atoms with Gasteiger partial charge < -0.3 is 15.5 Å². The minimum Gasteiger partial charge on any atom is -0.370 e. The highest BCUT2D eigenvalue weighted by atomic mass is 127. The number of nitrogens with two attached hydrogens (primary N) is 1. The molecule has 92 valence electrons. The summed E-state index contributed by atoms with van der Waals surface area (Å²) in [7, 11) is 2.09. The molecule has 0 atom stereocenters. The van der Waals surface area contributed by atoms with E-state index in [9.17, 15) is 0 Å². The van der Waals surface area contributed by atoms with Gasteiger partial charge in [0.05, 0.1) is 6.54 Å². The Kier molecular flexibility index (Phi) is 12.1. The van der Waals surface area contributed by atoms with Gasteiger partial charge in [0.1, 0.15) is 0 Å². The first-order valence-electron chi connectivity index (χ1n) is 5.39. The van der Waals surface area contributed by atoms with Crippen LogP contribution >= 0.6 is 24.0 Å². The number of halogens is 1. The molecule has 0 aromatic carbocycles. The monoisotopic (exact) mass is 328 g/mol. The maximum atomic E-state index is 5.82. The van der Waals surface area contributed by atoms with Crippen LogP contribution in [0, 0.1) is 0 Å². The molecule has 15 heavy (non-hydrogen) atoms. The molecule has 0 aromatic rings. The Labute approximate surface area is 111 Å². The first-order valence-corrected chi connectivity index (χ1v) is 5.39. The van der Waals surface area contributed by atoms with E-state index in [1.165, 1.54) is 0 Å². The molecular formula is C10H25IN4. The van der Waals surface area contributed by atoms with Gasteiger partial charge in [-0.3, -0.25) is 4.99 Å². The molecule has 0 unspecified atom stereocenters. The molecule has 0 fully saturated rings. The van der Waals surface area contributed by atoms with Crippen molar-refractivity contribution < 1.29 is 0 Å². The number of likely N-dealkylation sites (N-methyl/N-ethyl adjacent to an activating group) is 1. The Morgan fingerprint density at radius 1 is 1.13 bits per heavy atom. The average molecular weight is 328 g/mol. The molecule has 4 nitrogen and oxygen atoms in total. The van der Waals surface area contributed by atoms with Crippen LogP contribution in [0.1, 0.15) is 20.8 Å². The summed E-state index contributed by atoms with van der Waals surface area (Å²) >= 11 is 0. The second-order valence-corrected chi connectivity index (χ2v) is 3.31. The topological polar surface area (TPSA) is 44.9 Å². The number of aliphatic imine (C=N–C) groups is 1. The molecule has 0 saturated heterocycles. The van der Waals surface area contributed by atoms with Crippen LogP contribution in [0.3, 0.4) is 0 Å². The zero-order valence-corrected chi connectivity index (χ0v) is 12.7. The van der Waals surface area contributed by atoms with E-state index in [0.717, 1.165) is 32.7 Å². The summed E-state index contributed by atoms with van der Waals surface area (Å²) in [4.78, 5) is 8.62. The Morgan fingerprint density at radius 2 is 1.67 bits per heavy atom. The van der Waals surface area contributed by atoms with Crippen molar-refractivity contribution in [2.45, 2.75) is 20.8 Å². The van der Waals surface area contributed by atoms with Gasteiger partial charge in [-0.25, -0.2) is 0 Å². The second kappa shape index (κ2) is 10.5. The summed E-state index contributed by atoms with van der Waals surface area (Å²) in [6, 6.07) is 0. The van der Waals surface area contributed by atoms with Crippen LogP contribution in [-0.2, 0) is 0 Å². The van der Waals surface area contributed by atoms with Crippen molar-refractivity contribution in [2.24, 2.45) is 10.7 Å². The molecule has 0 rings (SSSR count). The molecular weight excluding hydrogens is 303 g/mol. The molecule has 5 heteroatoms. The molecule has 0 aliphatic carbocycles. The molecule has 0 saturated carbocycles. The van der Waals surface area contributed by atoms with Gasteiger partial charge in [-0.1, -0.05) is 6.92 Å². The van der Waals surface area contributed by atoms with Gasteiger partial charge in [-0.2, -0.15) is 0 Å².